The van der Waals surface area contributed by atoms with Gasteiger partial charge in [0.05, 0.1) is 0 Å². The van der Waals surface area contributed by atoms with Gasteiger partial charge in [-0.15, -0.1) is 0 Å². The smallest absolute Gasteiger partial charge is 0.270 e. The molecule has 0 unspecified atom stereocenters. The molecule has 1 amide bonds. The molecule has 122 valence electrons. The molecule has 2 rings (SSSR count). The standard InChI is InChI=1S/C18H23N3O2/c1-5-15-16(13(3)22)12(2)20-17(15)18(23)21(4)11-9-14-8-6-7-10-19-14/h6-8,10,20H,5,9,11H2,1-4H3. The summed E-state index contributed by atoms with van der Waals surface area (Å²) >= 11 is 0. The van der Waals surface area contributed by atoms with Crippen LogP contribution >= 0.6 is 0 Å². The number of aromatic amines is 1. The highest BCUT2D eigenvalue weighted by molar-refractivity contribution is 6.02. The van der Waals surface area contributed by atoms with Crippen molar-refractivity contribution in [2.45, 2.75) is 33.6 Å². The Labute approximate surface area is 136 Å². The lowest BCUT2D eigenvalue weighted by Crippen LogP contribution is -2.30. The summed E-state index contributed by atoms with van der Waals surface area (Å²) in [5.74, 6) is -0.0980. The molecule has 2 heterocycles. The van der Waals surface area contributed by atoms with Gasteiger partial charge in [-0.3, -0.25) is 14.6 Å². The summed E-state index contributed by atoms with van der Waals surface area (Å²) in [6.45, 7) is 5.90. The van der Waals surface area contributed by atoms with E-state index < -0.39 is 0 Å². The molecule has 1 N–H and O–H groups in total. The first-order chi connectivity index (χ1) is 11.0. The van der Waals surface area contributed by atoms with Gasteiger partial charge in [-0.2, -0.15) is 0 Å². The van der Waals surface area contributed by atoms with Crippen LogP contribution in [0.2, 0.25) is 0 Å². The first-order valence-corrected chi connectivity index (χ1v) is 7.83. The molecule has 0 aromatic carbocycles. The van der Waals surface area contributed by atoms with Crippen LogP contribution in [0.25, 0.3) is 0 Å². The number of H-pyrrole nitrogens is 1. The number of nitrogens with one attached hydrogen (secondary N) is 1. The molecule has 2 aromatic heterocycles. The molecule has 2 aromatic rings. The monoisotopic (exact) mass is 313 g/mol. The maximum Gasteiger partial charge on any atom is 0.270 e. The van der Waals surface area contributed by atoms with E-state index in [2.05, 4.69) is 9.97 Å². The fourth-order valence-electron chi connectivity index (χ4n) is 2.81. The van der Waals surface area contributed by atoms with Crippen LogP contribution in [-0.2, 0) is 12.8 Å². The van der Waals surface area contributed by atoms with E-state index in [0.29, 0.717) is 30.6 Å². The number of pyridine rings is 1. The molecule has 0 atom stereocenters. The number of aryl methyl sites for hydroxylation is 1. The van der Waals surface area contributed by atoms with Crippen molar-refractivity contribution in [1.82, 2.24) is 14.9 Å². The molecule has 0 saturated carbocycles. The van der Waals surface area contributed by atoms with Gasteiger partial charge in [0.2, 0.25) is 0 Å². The maximum atomic E-state index is 12.7. The number of aromatic nitrogens is 2. The van der Waals surface area contributed by atoms with Crippen molar-refractivity contribution in [3.8, 4) is 0 Å². The Morgan fingerprint density at radius 1 is 1.30 bits per heavy atom. The SMILES string of the molecule is CCc1c(C(=O)N(C)CCc2ccccn2)[nH]c(C)c1C(C)=O. The number of likely N-dealkylation sites (N-methyl/N-ethyl adjacent to an activating group) is 1. The van der Waals surface area contributed by atoms with Gasteiger partial charge in [0.15, 0.2) is 5.78 Å². The molecule has 5 nitrogen and oxygen atoms in total. The number of Topliss-reactive ketones (excluding diaryl/α,β-unsaturated/α-hetero) is 1. The Bertz CT molecular complexity index is 705. The largest absolute Gasteiger partial charge is 0.354 e. The second-order valence-electron chi connectivity index (χ2n) is 5.69. The fourth-order valence-corrected chi connectivity index (χ4v) is 2.81. The summed E-state index contributed by atoms with van der Waals surface area (Å²) in [6.07, 6.45) is 3.10. The normalized spacial score (nSPS) is 10.6. The molecule has 0 aliphatic carbocycles. The number of amides is 1. The molecule has 0 fully saturated rings. The van der Waals surface area contributed by atoms with Gasteiger partial charge in [0.25, 0.3) is 5.91 Å². The lowest BCUT2D eigenvalue weighted by molar-refractivity contribution is 0.0790. The topological polar surface area (TPSA) is 66.1 Å². The van der Waals surface area contributed by atoms with Gasteiger partial charge < -0.3 is 9.88 Å². The molecule has 0 bridgehead atoms. The Balaban J connectivity index is 2.16. The van der Waals surface area contributed by atoms with Gasteiger partial charge in [-0.05, 0) is 38.0 Å². The summed E-state index contributed by atoms with van der Waals surface area (Å²) in [5.41, 5.74) is 3.70. The van der Waals surface area contributed by atoms with Crippen LogP contribution in [0.1, 0.15) is 51.6 Å². The first-order valence-electron chi connectivity index (χ1n) is 7.83. The van der Waals surface area contributed by atoms with Gasteiger partial charge in [-0.25, -0.2) is 0 Å². The highest BCUT2D eigenvalue weighted by Crippen LogP contribution is 2.21. The van der Waals surface area contributed by atoms with Gasteiger partial charge in [0.1, 0.15) is 5.69 Å². The minimum absolute atomic E-state index is 0.00853. The van der Waals surface area contributed by atoms with E-state index in [1.165, 1.54) is 6.92 Å². The van der Waals surface area contributed by atoms with Crippen LogP contribution in [0.3, 0.4) is 0 Å². The second-order valence-corrected chi connectivity index (χ2v) is 5.69. The van der Waals surface area contributed by atoms with E-state index in [-0.39, 0.29) is 11.7 Å². The molecule has 0 aliphatic heterocycles. The molecule has 0 aliphatic rings. The average molecular weight is 313 g/mol. The minimum atomic E-state index is -0.0895. The third kappa shape index (κ3) is 3.67. The Hall–Kier alpha value is -2.43. The van der Waals surface area contributed by atoms with E-state index in [9.17, 15) is 9.59 Å². The van der Waals surface area contributed by atoms with Crippen molar-refractivity contribution in [3.05, 3.63) is 52.6 Å². The fraction of sp³-hybridized carbons (Fsp3) is 0.389. The second kappa shape index (κ2) is 7.22. The van der Waals surface area contributed by atoms with Gasteiger partial charge in [-0.1, -0.05) is 13.0 Å². The van der Waals surface area contributed by atoms with Crippen molar-refractivity contribution >= 4 is 11.7 Å². The number of hydrogen-bond acceptors (Lipinski definition) is 3. The lowest BCUT2D eigenvalue weighted by Gasteiger charge is -2.17. The molecule has 0 saturated heterocycles. The first kappa shape index (κ1) is 16.9. The molecular formula is C18H23N3O2. The number of rotatable bonds is 6. The Kier molecular flexibility index (Phi) is 5.32. The summed E-state index contributed by atoms with van der Waals surface area (Å²) in [5, 5.41) is 0. The van der Waals surface area contributed by atoms with Gasteiger partial charge >= 0.3 is 0 Å². The van der Waals surface area contributed by atoms with E-state index in [1.54, 1.807) is 18.1 Å². The molecule has 0 spiro atoms. The number of hydrogen-bond donors (Lipinski definition) is 1. The summed E-state index contributed by atoms with van der Waals surface area (Å²) < 4.78 is 0. The van der Waals surface area contributed by atoms with Crippen LogP contribution in [-0.4, -0.2) is 40.2 Å². The summed E-state index contributed by atoms with van der Waals surface area (Å²) in [4.78, 5) is 33.5. The third-order valence-electron chi connectivity index (χ3n) is 3.99. The number of carbonyl (C=O) groups excluding carboxylic acids is 2. The van der Waals surface area contributed by atoms with Crippen LogP contribution < -0.4 is 0 Å². The average Bonchev–Trinajstić information content (AvgIpc) is 2.89. The van der Waals surface area contributed by atoms with E-state index >= 15 is 0 Å². The van der Waals surface area contributed by atoms with Crippen LogP contribution in [0.4, 0.5) is 0 Å². The van der Waals surface area contributed by atoms with E-state index in [0.717, 1.165) is 17.0 Å². The quantitative estimate of drug-likeness (QED) is 0.834. The van der Waals surface area contributed by atoms with E-state index in [4.69, 9.17) is 0 Å². The number of nitrogens with zero attached hydrogens (tertiary/aromatic N) is 2. The maximum absolute atomic E-state index is 12.7. The van der Waals surface area contributed by atoms with Crippen molar-refractivity contribution in [1.29, 1.82) is 0 Å². The zero-order chi connectivity index (χ0) is 17.0. The molecule has 23 heavy (non-hydrogen) atoms. The molecular weight excluding hydrogens is 290 g/mol. The highest BCUT2D eigenvalue weighted by atomic mass is 16.2. The third-order valence-corrected chi connectivity index (χ3v) is 3.99. The minimum Gasteiger partial charge on any atom is -0.354 e. The van der Waals surface area contributed by atoms with Crippen LogP contribution in [0.15, 0.2) is 24.4 Å². The summed E-state index contributed by atoms with van der Waals surface area (Å²) in [6, 6.07) is 5.76. The van der Waals surface area contributed by atoms with Crippen molar-refractivity contribution in [2.24, 2.45) is 0 Å². The molecule has 0 radical (unpaired) electrons. The zero-order valence-corrected chi connectivity index (χ0v) is 14.1. The predicted octanol–water partition coefficient (Wildman–Crippen LogP) is 2.80. The number of carbonyl (C=O) groups is 2. The summed E-state index contributed by atoms with van der Waals surface area (Å²) in [7, 11) is 1.77. The van der Waals surface area contributed by atoms with Crippen LogP contribution in [0, 0.1) is 6.92 Å². The number of ketones is 1. The zero-order valence-electron chi connectivity index (χ0n) is 14.1. The predicted molar refractivity (Wildman–Crippen MR) is 89.8 cm³/mol. The van der Waals surface area contributed by atoms with Crippen molar-refractivity contribution < 1.29 is 9.59 Å². The van der Waals surface area contributed by atoms with Gasteiger partial charge in [0, 0.05) is 43.2 Å². The van der Waals surface area contributed by atoms with Crippen molar-refractivity contribution in [2.75, 3.05) is 13.6 Å². The Morgan fingerprint density at radius 2 is 2.04 bits per heavy atom. The Morgan fingerprint density at radius 3 is 2.61 bits per heavy atom. The van der Waals surface area contributed by atoms with E-state index in [1.807, 2.05) is 32.0 Å². The van der Waals surface area contributed by atoms with Crippen LogP contribution in [0.5, 0.6) is 0 Å². The lowest BCUT2D eigenvalue weighted by atomic mass is 10.0. The van der Waals surface area contributed by atoms with Crippen molar-refractivity contribution in [3.63, 3.8) is 0 Å². The molecule has 5 heteroatoms. The highest BCUT2D eigenvalue weighted by Gasteiger charge is 2.23.